The van der Waals surface area contributed by atoms with Crippen molar-refractivity contribution in [2.75, 3.05) is 6.61 Å². The van der Waals surface area contributed by atoms with Crippen LogP contribution in [-0.2, 0) is 24.7 Å². The van der Waals surface area contributed by atoms with Gasteiger partial charge in [0.15, 0.2) is 6.61 Å². The van der Waals surface area contributed by atoms with Gasteiger partial charge in [-0.05, 0) is 47.2 Å². The van der Waals surface area contributed by atoms with E-state index in [1.165, 1.54) is 30.5 Å². The largest absolute Gasteiger partial charge is 0.483 e. The number of carbonyl (C=O) groups is 1. The van der Waals surface area contributed by atoms with Crippen molar-refractivity contribution in [3.63, 3.8) is 0 Å². The molecule has 1 amide bonds. The zero-order chi connectivity index (χ0) is 25.5. The van der Waals surface area contributed by atoms with Gasteiger partial charge in [0.05, 0.1) is 20.1 Å². The summed E-state index contributed by atoms with van der Waals surface area (Å²) in [5, 5.41) is 1.94. The normalized spacial score (nSPS) is 12.1. The fourth-order valence-electron chi connectivity index (χ4n) is 3.73. The van der Waals surface area contributed by atoms with Gasteiger partial charge < -0.3 is 9.72 Å². The van der Waals surface area contributed by atoms with Crippen molar-refractivity contribution < 1.29 is 26.4 Å². The lowest BCUT2D eigenvalue weighted by Gasteiger charge is -2.10. The van der Waals surface area contributed by atoms with Crippen molar-refractivity contribution >= 4 is 70.4 Å². The number of carbonyl (C=O) groups excluding carboxylic acids is 1. The smallest absolute Gasteiger partial charge is 0.273 e. The standard InChI is InChI=1S/C24H17ClN2O6S3/c25-21-10-11-23(34-21)36(31,32)27-22(28)14-33-19-7-3-6-18-24(19)20(13-26-18)35(29,30)17-9-8-15-4-1-2-5-16(15)12-17/h1-13,26H,14H2,(H,27,28). The van der Waals surface area contributed by atoms with E-state index in [1.807, 2.05) is 29.0 Å². The van der Waals surface area contributed by atoms with Crippen LogP contribution in [-0.4, -0.2) is 34.3 Å². The van der Waals surface area contributed by atoms with Gasteiger partial charge in [-0.3, -0.25) is 4.79 Å². The van der Waals surface area contributed by atoms with Crippen molar-refractivity contribution in [3.8, 4) is 5.75 Å². The molecule has 12 heteroatoms. The molecular weight excluding hydrogens is 544 g/mol. The molecule has 2 N–H and O–H groups in total. The number of aromatic nitrogens is 1. The first kappa shape index (κ1) is 24.3. The molecule has 184 valence electrons. The van der Waals surface area contributed by atoms with Gasteiger partial charge in [0.25, 0.3) is 15.9 Å². The molecule has 2 aromatic heterocycles. The molecule has 0 aliphatic heterocycles. The number of amides is 1. The Kier molecular flexibility index (Phi) is 6.25. The molecule has 0 bridgehead atoms. The maximum absolute atomic E-state index is 13.5. The predicted molar refractivity (Wildman–Crippen MR) is 138 cm³/mol. The minimum atomic E-state index is -4.11. The average molecular weight is 561 g/mol. The van der Waals surface area contributed by atoms with Crippen LogP contribution in [0.3, 0.4) is 0 Å². The van der Waals surface area contributed by atoms with Gasteiger partial charge in [-0.25, -0.2) is 21.6 Å². The molecule has 0 radical (unpaired) electrons. The molecule has 0 spiro atoms. The van der Waals surface area contributed by atoms with Crippen LogP contribution in [0.4, 0.5) is 0 Å². The number of aromatic amines is 1. The second-order valence-corrected chi connectivity index (χ2v) is 13.3. The highest BCUT2D eigenvalue weighted by Gasteiger charge is 2.25. The summed E-state index contributed by atoms with van der Waals surface area (Å²) in [6.07, 6.45) is 1.37. The summed E-state index contributed by atoms with van der Waals surface area (Å²) < 4.78 is 59.5. The maximum Gasteiger partial charge on any atom is 0.273 e. The van der Waals surface area contributed by atoms with Crippen LogP contribution in [0.15, 0.2) is 93.0 Å². The number of nitrogens with one attached hydrogen (secondary N) is 2. The zero-order valence-electron chi connectivity index (χ0n) is 18.3. The minimum absolute atomic E-state index is 0.0235. The third-order valence-electron chi connectivity index (χ3n) is 5.37. The third kappa shape index (κ3) is 4.58. The summed E-state index contributed by atoms with van der Waals surface area (Å²) >= 11 is 6.59. The summed E-state index contributed by atoms with van der Waals surface area (Å²) in [6, 6.07) is 19.8. The second kappa shape index (κ2) is 9.25. The summed E-state index contributed by atoms with van der Waals surface area (Å²) in [6.45, 7) is -0.655. The van der Waals surface area contributed by atoms with Crippen LogP contribution in [0.1, 0.15) is 0 Å². The van der Waals surface area contributed by atoms with Crippen molar-refractivity contribution in [2.45, 2.75) is 14.0 Å². The van der Waals surface area contributed by atoms with Gasteiger partial charge in [-0.2, -0.15) is 0 Å². The molecule has 36 heavy (non-hydrogen) atoms. The van der Waals surface area contributed by atoms with Crippen LogP contribution in [0.25, 0.3) is 21.7 Å². The molecule has 0 unspecified atom stereocenters. The third-order valence-corrected chi connectivity index (χ3v) is 10.2. The van der Waals surface area contributed by atoms with Gasteiger partial charge >= 0.3 is 0 Å². The van der Waals surface area contributed by atoms with E-state index in [-0.39, 0.29) is 29.5 Å². The van der Waals surface area contributed by atoms with E-state index >= 15 is 0 Å². The van der Waals surface area contributed by atoms with Crippen molar-refractivity contribution in [3.05, 3.63) is 83.3 Å². The van der Waals surface area contributed by atoms with E-state index in [4.69, 9.17) is 16.3 Å². The van der Waals surface area contributed by atoms with Crippen LogP contribution in [0.2, 0.25) is 4.34 Å². The summed E-state index contributed by atoms with van der Waals surface area (Å²) in [5.41, 5.74) is 0.480. The fraction of sp³-hybridized carbons (Fsp3) is 0.0417. The summed E-state index contributed by atoms with van der Waals surface area (Å²) in [7, 11) is -8.06. The number of hydrogen-bond acceptors (Lipinski definition) is 7. The Morgan fingerprint density at radius 3 is 2.47 bits per heavy atom. The number of rotatable bonds is 7. The number of fused-ring (bicyclic) bond motifs is 2. The molecule has 0 saturated heterocycles. The van der Waals surface area contributed by atoms with Crippen LogP contribution >= 0.6 is 22.9 Å². The first-order chi connectivity index (χ1) is 17.1. The monoisotopic (exact) mass is 560 g/mol. The molecule has 0 saturated carbocycles. The molecule has 8 nitrogen and oxygen atoms in total. The topological polar surface area (TPSA) is 122 Å². The maximum atomic E-state index is 13.5. The van der Waals surface area contributed by atoms with E-state index in [0.29, 0.717) is 5.52 Å². The molecule has 0 atom stereocenters. The molecule has 0 aliphatic carbocycles. The lowest BCUT2D eigenvalue weighted by atomic mass is 10.1. The molecular formula is C24H17ClN2O6S3. The number of sulfone groups is 1. The quantitative estimate of drug-likeness (QED) is 0.296. The Labute approximate surface area is 215 Å². The molecule has 5 rings (SSSR count). The predicted octanol–water partition coefficient (Wildman–Crippen LogP) is 4.75. The highest BCUT2D eigenvalue weighted by molar-refractivity contribution is 7.92. The first-order valence-electron chi connectivity index (χ1n) is 10.4. The highest BCUT2D eigenvalue weighted by atomic mass is 35.5. The average Bonchev–Trinajstić information content (AvgIpc) is 3.50. The van der Waals surface area contributed by atoms with E-state index in [1.54, 1.807) is 24.3 Å². The number of H-pyrrole nitrogens is 1. The van der Waals surface area contributed by atoms with Gasteiger partial charge in [-0.15, -0.1) is 11.3 Å². The number of ether oxygens (including phenoxy) is 1. The number of thiophene rings is 1. The van der Waals surface area contributed by atoms with Gasteiger partial charge in [0.1, 0.15) is 14.9 Å². The Balaban J connectivity index is 1.43. The number of hydrogen-bond donors (Lipinski definition) is 2. The van der Waals surface area contributed by atoms with E-state index < -0.39 is 32.4 Å². The van der Waals surface area contributed by atoms with Crippen LogP contribution < -0.4 is 9.46 Å². The molecule has 3 aromatic carbocycles. The van der Waals surface area contributed by atoms with E-state index in [0.717, 1.165) is 22.1 Å². The zero-order valence-corrected chi connectivity index (χ0v) is 21.5. The van der Waals surface area contributed by atoms with Crippen molar-refractivity contribution in [1.29, 1.82) is 0 Å². The molecule has 5 aromatic rings. The minimum Gasteiger partial charge on any atom is -0.483 e. The highest BCUT2D eigenvalue weighted by Crippen LogP contribution is 2.35. The van der Waals surface area contributed by atoms with Gasteiger partial charge in [0, 0.05) is 6.20 Å². The summed E-state index contributed by atoms with van der Waals surface area (Å²) in [4.78, 5) is 15.4. The summed E-state index contributed by atoms with van der Waals surface area (Å²) in [5.74, 6) is -0.814. The number of benzene rings is 3. The molecule has 2 heterocycles. The van der Waals surface area contributed by atoms with Crippen LogP contribution in [0.5, 0.6) is 5.75 Å². The Morgan fingerprint density at radius 2 is 1.72 bits per heavy atom. The van der Waals surface area contributed by atoms with Crippen LogP contribution in [0, 0.1) is 0 Å². The van der Waals surface area contributed by atoms with E-state index in [9.17, 15) is 21.6 Å². The molecule has 0 aliphatic rings. The molecule has 0 fully saturated rings. The Morgan fingerprint density at radius 1 is 0.944 bits per heavy atom. The lowest BCUT2D eigenvalue weighted by Crippen LogP contribution is -2.34. The fourth-order valence-corrected chi connectivity index (χ4v) is 7.66. The number of sulfonamides is 1. The van der Waals surface area contributed by atoms with Gasteiger partial charge in [0.2, 0.25) is 9.84 Å². The SMILES string of the molecule is O=C(COc1cccc2[nH]cc(S(=O)(=O)c3ccc4ccccc4c3)c12)NS(=O)(=O)c1ccc(Cl)s1. The lowest BCUT2D eigenvalue weighted by molar-refractivity contribution is -0.121. The van der Waals surface area contributed by atoms with Gasteiger partial charge in [-0.1, -0.05) is 48.0 Å². The Hall–Kier alpha value is -3.38. The second-order valence-electron chi connectivity index (χ2n) is 7.72. The van der Waals surface area contributed by atoms with Crippen molar-refractivity contribution in [2.24, 2.45) is 0 Å². The Bertz CT molecular complexity index is 1840. The van der Waals surface area contributed by atoms with Crippen molar-refractivity contribution in [1.82, 2.24) is 9.71 Å². The first-order valence-corrected chi connectivity index (χ1v) is 14.6. The number of halogens is 1. The van der Waals surface area contributed by atoms with E-state index in [2.05, 4.69) is 4.98 Å².